The number of likely N-dealkylation sites (N-methyl/N-ethyl adjacent to an activating group) is 1. The molecule has 1 atom stereocenters. The van der Waals surface area contributed by atoms with Crippen molar-refractivity contribution in [2.24, 2.45) is 5.73 Å². The van der Waals surface area contributed by atoms with Crippen LogP contribution < -0.4 is 5.73 Å². The third-order valence-corrected chi connectivity index (χ3v) is 3.74. The lowest BCUT2D eigenvalue weighted by molar-refractivity contribution is -0.178. The number of nitrogens with two attached hydrogens (primary N) is 1. The molecule has 0 bridgehead atoms. The highest BCUT2D eigenvalue weighted by Crippen LogP contribution is 2.26. The highest BCUT2D eigenvalue weighted by atomic mass is 79.9. The summed E-state index contributed by atoms with van der Waals surface area (Å²) in [6, 6.07) is 0.219. The fourth-order valence-electron chi connectivity index (χ4n) is 1.39. The van der Waals surface area contributed by atoms with Crippen LogP contribution in [0.15, 0.2) is 15.2 Å². The highest BCUT2D eigenvalue weighted by molar-refractivity contribution is 9.11. The maximum atomic E-state index is 12.6. The van der Waals surface area contributed by atoms with Crippen LogP contribution in [0.5, 0.6) is 0 Å². The van der Waals surface area contributed by atoms with Crippen LogP contribution in [0.25, 0.3) is 0 Å². The van der Waals surface area contributed by atoms with E-state index in [9.17, 15) is 13.2 Å². The van der Waals surface area contributed by atoms with E-state index in [-0.39, 0.29) is 6.54 Å². The molecule has 1 aromatic heterocycles. The van der Waals surface area contributed by atoms with Gasteiger partial charge in [-0.05, 0) is 40.0 Å². The van der Waals surface area contributed by atoms with Gasteiger partial charge in [0, 0.05) is 13.1 Å². The molecule has 0 amide bonds. The Labute approximate surface area is 104 Å². The van der Waals surface area contributed by atoms with E-state index in [2.05, 4.69) is 15.9 Å². The Hall–Kier alpha value is -0.110. The smallest absolute Gasteiger partial charge is 0.329 e. The molecule has 0 aliphatic rings. The van der Waals surface area contributed by atoms with Gasteiger partial charge in [-0.25, -0.2) is 0 Å². The van der Waals surface area contributed by atoms with Crippen LogP contribution in [0.4, 0.5) is 13.2 Å². The van der Waals surface area contributed by atoms with Crippen LogP contribution in [0, 0.1) is 0 Å². The number of rotatable bonds is 4. The van der Waals surface area contributed by atoms with Crippen LogP contribution in [0.1, 0.15) is 5.56 Å². The topological polar surface area (TPSA) is 29.3 Å². The summed E-state index contributed by atoms with van der Waals surface area (Å²) in [7, 11) is 1.43. The van der Waals surface area contributed by atoms with Gasteiger partial charge in [0.2, 0.25) is 0 Å². The molecule has 1 unspecified atom stereocenters. The average Bonchev–Trinajstić information content (AvgIpc) is 2.49. The second-order valence-electron chi connectivity index (χ2n) is 3.47. The molecular formula is C9H12BrF3N2S. The van der Waals surface area contributed by atoms with E-state index in [0.717, 1.165) is 9.35 Å². The first kappa shape index (κ1) is 14.0. The number of nitrogens with zero attached hydrogens (tertiary/aromatic N) is 1. The van der Waals surface area contributed by atoms with Gasteiger partial charge in [0.15, 0.2) is 0 Å². The first-order valence-corrected chi connectivity index (χ1v) is 6.21. The predicted molar refractivity (Wildman–Crippen MR) is 62.4 cm³/mol. The maximum absolute atomic E-state index is 12.6. The van der Waals surface area contributed by atoms with E-state index in [1.165, 1.54) is 23.3 Å². The van der Waals surface area contributed by atoms with Crippen molar-refractivity contribution in [3.05, 3.63) is 20.8 Å². The van der Waals surface area contributed by atoms with Gasteiger partial charge in [0.25, 0.3) is 0 Å². The zero-order valence-corrected chi connectivity index (χ0v) is 11.0. The highest BCUT2D eigenvalue weighted by Gasteiger charge is 2.41. The third-order valence-electron chi connectivity index (χ3n) is 2.19. The summed E-state index contributed by atoms with van der Waals surface area (Å²) in [5, 5.41) is 1.82. The molecule has 0 aliphatic heterocycles. The largest absolute Gasteiger partial charge is 0.405 e. The molecule has 0 fully saturated rings. The average molecular weight is 317 g/mol. The first-order chi connectivity index (χ1) is 7.34. The number of alkyl halides is 3. The van der Waals surface area contributed by atoms with Crippen molar-refractivity contribution in [1.82, 2.24) is 4.90 Å². The molecule has 0 aliphatic carbocycles. The van der Waals surface area contributed by atoms with E-state index in [4.69, 9.17) is 5.73 Å². The van der Waals surface area contributed by atoms with Crippen LogP contribution in [0.3, 0.4) is 0 Å². The van der Waals surface area contributed by atoms with Crippen LogP contribution in [-0.4, -0.2) is 30.7 Å². The van der Waals surface area contributed by atoms with E-state index < -0.39 is 18.8 Å². The summed E-state index contributed by atoms with van der Waals surface area (Å²) in [5.41, 5.74) is 6.00. The van der Waals surface area contributed by atoms with Gasteiger partial charge >= 0.3 is 6.18 Å². The number of hydrogen-bond acceptors (Lipinski definition) is 3. The van der Waals surface area contributed by atoms with Crippen molar-refractivity contribution in [3.8, 4) is 0 Å². The van der Waals surface area contributed by atoms with Crippen molar-refractivity contribution >= 4 is 27.3 Å². The molecule has 1 aromatic rings. The van der Waals surface area contributed by atoms with Gasteiger partial charge in [-0.2, -0.15) is 13.2 Å². The summed E-state index contributed by atoms with van der Waals surface area (Å²) >= 11 is 4.72. The molecule has 0 saturated carbocycles. The zero-order chi connectivity index (χ0) is 12.3. The lowest BCUT2D eigenvalue weighted by atomic mass is 10.2. The Morgan fingerprint density at radius 3 is 2.56 bits per heavy atom. The Morgan fingerprint density at radius 2 is 2.19 bits per heavy atom. The van der Waals surface area contributed by atoms with Crippen molar-refractivity contribution < 1.29 is 13.2 Å². The monoisotopic (exact) mass is 316 g/mol. The predicted octanol–water partition coefficient (Wildman–Crippen LogP) is 2.83. The zero-order valence-electron chi connectivity index (χ0n) is 8.59. The fourth-order valence-corrected chi connectivity index (χ4v) is 2.59. The van der Waals surface area contributed by atoms with Crippen LogP contribution in [-0.2, 0) is 6.54 Å². The normalized spacial score (nSPS) is 14.4. The lowest BCUT2D eigenvalue weighted by Crippen LogP contribution is -2.47. The molecule has 7 heteroatoms. The summed E-state index contributed by atoms with van der Waals surface area (Å²) in [6.45, 7) is -0.186. The molecule has 1 rings (SSSR count). The lowest BCUT2D eigenvalue weighted by Gasteiger charge is -2.28. The van der Waals surface area contributed by atoms with Crippen molar-refractivity contribution in [2.45, 2.75) is 18.8 Å². The second kappa shape index (κ2) is 5.48. The molecular weight excluding hydrogens is 305 g/mol. The van der Waals surface area contributed by atoms with E-state index >= 15 is 0 Å². The molecule has 0 aromatic carbocycles. The maximum Gasteiger partial charge on any atom is 0.405 e. The minimum Gasteiger partial charge on any atom is -0.329 e. The number of hydrogen-bond donors (Lipinski definition) is 1. The second-order valence-corrected chi connectivity index (χ2v) is 5.76. The summed E-state index contributed by atoms with van der Waals surface area (Å²) in [6.07, 6.45) is -4.28. The molecule has 2 nitrogen and oxygen atoms in total. The summed E-state index contributed by atoms with van der Waals surface area (Å²) < 4.78 is 38.6. The SMILES string of the molecule is CN(Cc1csc(Br)c1)C(CN)C(F)(F)F. The molecule has 16 heavy (non-hydrogen) atoms. The minimum atomic E-state index is -4.28. The minimum absolute atomic E-state index is 0.240. The van der Waals surface area contributed by atoms with Gasteiger partial charge in [0.05, 0.1) is 3.79 Å². The Bertz CT molecular complexity index is 340. The molecule has 0 radical (unpaired) electrons. The molecule has 0 saturated heterocycles. The van der Waals surface area contributed by atoms with Crippen molar-refractivity contribution in [3.63, 3.8) is 0 Å². The van der Waals surface area contributed by atoms with Crippen molar-refractivity contribution in [1.29, 1.82) is 0 Å². The third kappa shape index (κ3) is 3.73. The van der Waals surface area contributed by atoms with Gasteiger partial charge in [-0.1, -0.05) is 0 Å². The summed E-state index contributed by atoms with van der Waals surface area (Å²) in [5.74, 6) is 0. The van der Waals surface area contributed by atoms with E-state index in [0.29, 0.717) is 0 Å². The molecule has 2 N–H and O–H groups in total. The fraction of sp³-hybridized carbons (Fsp3) is 0.556. The van der Waals surface area contributed by atoms with Gasteiger partial charge < -0.3 is 5.73 Å². The van der Waals surface area contributed by atoms with Gasteiger partial charge in [-0.3, -0.25) is 4.90 Å². The van der Waals surface area contributed by atoms with Crippen LogP contribution >= 0.6 is 27.3 Å². The standard InChI is InChI=1S/C9H12BrF3N2S/c1-15(7(3-14)9(11,12)13)4-6-2-8(10)16-5-6/h2,5,7H,3-4,14H2,1H3. The number of thiophene rings is 1. The van der Waals surface area contributed by atoms with Gasteiger partial charge in [-0.15, -0.1) is 11.3 Å². The molecule has 92 valence electrons. The number of halogens is 4. The molecule has 0 spiro atoms. The Kier molecular flexibility index (Phi) is 4.78. The van der Waals surface area contributed by atoms with Crippen molar-refractivity contribution in [2.75, 3.05) is 13.6 Å². The Balaban J connectivity index is 2.66. The summed E-state index contributed by atoms with van der Waals surface area (Å²) in [4.78, 5) is 1.22. The van der Waals surface area contributed by atoms with E-state index in [1.54, 1.807) is 0 Å². The van der Waals surface area contributed by atoms with E-state index in [1.807, 2.05) is 11.4 Å². The first-order valence-electron chi connectivity index (χ1n) is 4.54. The van der Waals surface area contributed by atoms with Crippen LogP contribution in [0.2, 0.25) is 0 Å². The quantitative estimate of drug-likeness (QED) is 0.925. The van der Waals surface area contributed by atoms with Gasteiger partial charge in [0.1, 0.15) is 6.04 Å². The Morgan fingerprint density at radius 1 is 1.56 bits per heavy atom. The molecule has 1 heterocycles.